The highest BCUT2D eigenvalue weighted by atomic mass is 35.5. The van der Waals surface area contributed by atoms with E-state index in [1.807, 2.05) is 12.1 Å². The predicted molar refractivity (Wildman–Crippen MR) is 78.0 cm³/mol. The van der Waals surface area contributed by atoms with Gasteiger partial charge in [0.1, 0.15) is 0 Å². The van der Waals surface area contributed by atoms with Gasteiger partial charge in [-0.25, -0.2) is 0 Å². The second kappa shape index (κ2) is 5.60. The third kappa shape index (κ3) is 3.71. The van der Waals surface area contributed by atoms with Crippen molar-refractivity contribution in [3.8, 4) is 0 Å². The molecule has 1 aliphatic rings. The summed E-state index contributed by atoms with van der Waals surface area (Å²) in [6.07, 6.45) is 1.21. The highest BCUT2D eigenvalue weighted by Gasteiger charge is 2.27. The van der Waals surface area contributed by atoms with Crippen LogP contribution in [0.1, 0.15) is 32.8 Å². The first kappa shape index (κ1) is 13.9. The van der Waals surface area contributed by atoms with Crippen LogP contribution in [-0.2, 0) is 6.54 Å². The monoisotopic (exact) mass is 266 g/mol. The minimum Gasteiger partial charge on any atom is -0.310 e. The number of rotatable bonds is 2. The van der Waals surface area contributed by atoms with E-state index in [2.05, 4.69) is 43.1 Å². The summed E-state index contributed by atoms with van der Waals surface area (Å²) in [5, 5.41) is 4.42. The Hall–Kier alpha value is -0.570. The maximum atomic E-state index is 5.93. The molecule has 18 heavy (non-hydrogen) atoms. The average molecular weight is 267 g/mol. The van der Waals surface area contributed by atoms with Gasteiger partial charge in [-0.05, 0) is 51.4 Å². The molecule has 2 rings (SSSR count). The van der Waals surface area contributed by atoms with Crippen molar-refractivity contribution in [3.63, 3.8) is 0 Å². The molecule has 0 bridgehead atoms. The van der Waals surface area contributed by atoms with Crippen molar-refractivity contribution in [2.75, 3.05) is 13.1 Å². The van der Waals surface area contributed by atoms with Crippen molar-refractivity contribution in [1.29, 1.82) is 0 Å². The van der Waals surface area contributed by atoms with Crippen molar-refractivity contribution < 1.29 is 0 Å². The van der Waals surface area contributed by atoms with E-state index in [1.54, 1.807) is 0 Å². The van der Waals surface area contributed by atoms with Gasteiger partial charge in [-0.2, -0.15) is 0 Å². The Bertz CT molecular complexity index is 386. The Balaban J connectivity index is 2.07. The van der Waals surface area contributed by atoms with Crippen LogP contribution in [0.2, 0.25) is 5.02 Å². The number of nitrogens with one attached hydrogen (secondary N) is 1. The van der Waals surface area contributed by atoms with E-state index in [4.69, 9.17) is 11.6 Å². The van der Waals surface area contributed by atoms with E-state index in [0.29, 0.717) is 6.04 Å². The van der Waals surface area contributed by atoms with Gasteiger partial charge in [0.05, 0.1) is 0 Å². The summed E-state index contributed by atoms with van der Waals surface area (Å²) in [6, 6.07) is 8.82. The molecule has 1 saturated heterocycles. The number of benzene rings is 1. The van der Waals surface area contributed by atoms with Gasteiger partial charge in [-0.3, -0.25) is 4.90 Å². The van der Waals surface area contributed by atoms with Gasteiger partial charge >= 0.3 is 0 Å². The quantitative estimate of drug-likeness (QED) is 0.884. The minimum atomic E-state index is 0.192. The van der Waals surface area contributed by atoms with E-state index in [-0.39, 0.29) is 5.54 Å². The SMILES string of the molecule is CC1CCNC(C)(C)CN1Cc1ccc(Cl)cc1. The molecule has 1 aromatic carbocycles. The van der Waals surface area contributed by atoms with E-state index in [1.165, 1.54) is 12.0 Å². The summed E-state index contributed by atoms with van der Waals surface area (Å²) in [7, 11) is 0. The predicted octanol–water partition coefficient (Wildman–Crippen LogP) is 3.30. The van der Waals surface area contributed by atoms with E-state index in [9.17, 15) is 0 Å². The van der Waals surface area contributed by atoms with Gasteiger partial charge < -0.3 is 5.32 Å². The van der Waals surface area contributed by atoms with Crippen LogP contribution in [0.5, 0.6) is 0 Å². The second-order valence-corrected chi connectivity index (χ2v) is 6.42. The first-order valence-corrected chi connectivity index (χ1v) is 7.08. The maximum absolute atomic E-state index is 5.93. The number of halogens is 1. The van der Waals surface area contributed by atoms with E-state index in [0.717, 1.165) is 24.7 Å². The van der Waals surface area contributed by atoms with Crippen LogP contribution < -0.4 is 5.32 Å². The summed E-state index contributed by atoms with van der Waals surface area (Å²) < 4.78 is 0. The Labute approximate surface area is 115 Å². The molecule has 1 N–H and O–H groups in total. The fraction of sp³-hybridized carbons (Fsp3) is 0.600. The third-order valence-electron chi connectivity index (χ3n) is 3.69. The van der Waals surface area contributed by atoms with Gasteiger partial charge in [0.15, 0.2) is 0 Å². The van der Waals surface area contributed by atoms with Gasteiger partial charge in [0, 0.05) is 29.7 Å². The smallest absolute Gasteiger partial charge is 0.0406 e. The molecule has 0 saturated carbocycles. The summed E-state index contributed by atoms with van der Waals surface area (Å²) in [5.74, 6) is 0. The lowest BCUT2D eigenvalue weighted by atomic mass is 10.0. The molecule has 0 aromatic heterocycles. The molecule has 0 spiro atoms. The maximum Gasteiger partial charge on any atom is 0.0406 e. The van der Waals surface area contributed by atoms with Crippen LogP contribution >= 0.6 is 11.6 Å². The van der Waals surface area contributed by atoms with E-state index < -0.39 is 0 Å². The number of nitrogens with zero attached hydrogens (tertiary/aromatic N) is 1. The molecular weight excluding hydrogens is 244 g/mol. The highest BCUT2D eigenvalue weighted by molar-refractivity contribution is 6.30. The fourth-order valence-electron chi connectivity index (χ4n) is 2.56. The molecule has 3 heteroatoms. The average Bonchev–Trinajstić information content (AvgIpc) is 2.42. The zero-order valence-electron chi connectivity index (χ0n) is 11.5. The Kier molecular flexibility index (Phi) is 4.31. The lowest BCUT2D eigenvalue weighted by molar-refractivity contribution is 0.173. The molecule has 1 heterocycles. The molecule has 0 aliphatic carbocycles. The first-order valence-electron chi connectivity index (χ1n) is 6.70. The molecule has 0 amide bonds. The Morgan fingerprint density at radius 1 is 1.33 bits per heavy atom. The largest absolute Gasteiger partial charge is 0.310 e. The fourth-order valence-corrected chi connectivity index (χ4v) is 2.68. The molecule has 1 aromatic rings. The summed E-state index contributed by atoms with van der Waals surface area (Å²) in [4.78, 5) is 2.56. The summed E-state index contributed by atoms with van der Waals surface area (Å²) in [5.41, 5.74) is 1.53. The standard InChI is InChI=1S/C15H23ClN2/c1-12-8-9-17-15(2,3)11-18(12)10-13-4-6-14(16)7-5-13/h4-7,12,17H,8-11H2,1-3H3. The zero-order chi connectivity index (χ0) is 13.2. The van der Waals surface area contributed by atoms with Gasteiger partial charge in [0.2, 0.25) is 0 Å². The van der Waals surface area contributed by atoms with Crippen LogP contribution in [0.3, 0.4) is 0 Å². The molecule has 0 radical (unpaired) electrons. The number of hydrogen-bond acceptors (Lipinski definition) is 2. The van der Waals surface area contributed by atoms with Gasteiger partial charge in [0.25, 0.3) is 0 Å². The molecule has 1 aliphatic heterocycles. The van der Waals surface area contributed by atoms with Gasteiger partial charge in [-0.1, -0.05) is 23.7 Å². The Morgan fingerprint density at radius 2 is 2.00 bits per heavy atom. The molecule has 1 unspecified atom stereocenters. The molecule has 2 nitrogen and oxygen atoms in total. The van der Waals surface area contributed by atoms with E-state index >= 15 is 0 Å². The molecule has 1 atom stereocenters. The van der Waals surface area contributed by atoms with Crippen LogP contribution in [0, 0.1) is 0 Å². The first-order chi connectivity index (χ1) is 8.46. The highest BCUT2D eigenvalue weighted by Crippen LogP contribution is 2.19. The Morgan fingerprint density at radius 3 is 2.67 bits per heavy atom. The van der Waals surface area contributed by atoms with Crippen LogP contribution in [-0.4, -0.2) is 29.6 Å². The lowest BCUT2D eigenvalue weighted by Crippen LogP contribution is -2.47. The van der Waals surface area contributed by atoms with Gasteiger partial charge in [-0.15, -0.1) is 0 Å². The lowest BCUT2D eigenvalue weighted by Gasteiger charge is -2.33. The van der Waals surface area contributed by atoms with Crippen molar-refractivity contribution >= 4 is 11.6 Å². The van der Waals surface area contributed by atoms with Crippen molar-refractivity contribution in [1.82, 2.24) is 10.2 Å². The number of hydrogen-bond donors (Lipinski definition) is 1. The van der Waals surface area contributed by atoms with Crippen molar-refractivity contribution in [2.24, 2.45) is 0 Å². The van der Waals surface area contributed by atoms with Crippen molar-refractivity contribution in [2.45, 2.75) is 45.3 Å². The normalized spacial score (nSPS) is 24.8. The van der Waals surface area contributed by atoms with Crippen LogP contribution in [0.4, 0.5) is 0 Å². The second-order valence-electron chi connectivity index (χ2n) is 5.98. The molecule has 100 valence electrons. The van der Waals surface area contributed by atoms with Crippen LogP contribution in [0.25, 0.3) is 0 Å². The summed E-state index contributed by atoms with van der Waals surface area (Å²) in [6.45, 7) is 10.1. The summed E-state index contributed by atoms with van der Waals surface area (Å²) >= 11 is 5.93. The third-order valence-corrected chi connectivity index (χ3v) is 3.94. The topological polar surface area (TPSA) is 15.3 Å². The molecular formula is C15H23ClN2. The molecule has 1 fully saturated rings. The van der Waals surface area contributed by atoms with Crippen LogP contribution in [0.15, 0.2) is 24.3 Å². The zero-order valence-corrected chi connectivity index (χ0v) is 12.3. The minimum absolute atomic E-state index is 0.192. The van der Waals surface area contributed by atoms with Crippen molar-refractivity contribution in [3.05, 3.63) is 34.9 Å².